The molecule has 0 aromatic heterocycles. The van der Waals surface area contributed by atoms with Crippen LogP contribution in [0.15, 0.2) is 0 Å². The molecule has 0 aliphatic rings. The Labute approximate surface area is 110 Å². The number of rotatable bonds is 11. The Kier molecular flexibility index (Phi) is 9.91. The van der Waals surface area contributed by atoms with Gasteiger partial charge in [-0.15, -0.1) is 0 Å². The van der Waals surface area contributed by atoms with Crippen molar-refractivity contribution in [2.75, 3.05) is 13.1 Å². The molecule has 0 aliphatic heterocycles. The molecule has 0 bridgehead atoms. The summed E-state index contributed by atoms with van der Waals surface area (Å²) in [6.45, 7) is 14.1. The maximum atomic E-state index is 3.67. The Balaban J connectivity index is 4.38. The molecule has 2 atom stereocenters. The van der Waals surface area contributed by atoms with E-state index in [0.717, 1.165) is 5.92 Å². The molecule has 0 aromatic rings. The fraction of sp³-hybridized carbons (Fsp3) is 1.00. The average molecular weight is 241 g/mol. The molecule has 17 heavy (non-hydrogen) atoms. The monoisotopic (exact) mass is 241 g/mol. The summed E-state index contributed by atoms with van der Waals surface area (Å²) < 4.78 is 0. The second-order valence-corrected chi connectivity index (χ2v) is 5.85. The minimum atomic E-state index is 0.556. The van der Waals surface area contributed by atoms with Gasteiger partial charge in [-0.2, -0.15) is 0 Å². The molecule has 2 unspecified atom stereocenters. The molecule has 0 spiro atoms. The third-order valence-corrected chi connectivity index (χ3v) is 4.22. The first kappa shape index (κ1) is 17.0. The maximum absolute atomic E-state index is 3.67. The third-order valence-electron chi connectivity index (χ3n) is 4.22. The number of unbranched alkanes of at least 4 members (excludes halogenated alkanes) is 1. The van der Waals surface area contributed by atoms with Crippen LogP contribution in [0.1, 0.15) is 79.6 Å². The zero-order chi connectivity index (χ0) is 13.1. The molecule has 0 rings (SSSR count). The summed E-state index contributed by atoms with van der Waals surface area (Å²) in [5, 5.41) is 3.67. The SMILES string of the molecule is CCCCC(CC)(CNCCC)CC(C)CC. The van der Waals surface area contributed by atoms with Crippen molar-refractivity contribution < 1.29 is 0 Å². The van der Waals surface area contributed by atoms with Crippen molar-refractivity contribution in [2.45, 2.75) is 79.6 Å². The highest BCUT2D eigenvalue weighted by molar-refractivity contribution is 4.82. The molecule has 0 aromatic carbocycles. The van der Waals surface area contributed by atoms with Gasteiger partial charge in [0.25, 0.3) is 0 Å². The summed E-state index contributed by atoms with van der Waals surface area (Å²) in [7, 11) is 0. The fourth-order valence-electron chi connectivity index (χ4n) is 2.67. The Bertz CT molecular complexity index is 167. The van der Waals surface area contributed by atoms with Crippen LogP contribution in [-0.2, 0) is 0 Å². The molecule has 1 nitrogen and oxygen atoms in total. The summed E-state index contributed by atoms with van der Waals surface area (Å²) >= 11 is 0. The van der Waals surface area contributed by atoms with Gasteiger partial charge in [0.2, 0.25) is 0 Å². The van der Waals surface area contributed by atoms with Gasteiger partial charge in [0.1, 0.15) is 0 Å². The van der Waals surface area contributed by atoms with Crippen molar-refractivity contribution in [3.05, 3.63) is 0 Å². The highest BCUT2D eigenvalue weighted by Crippen LogP contribution is 2.36. The molecule has 1 N–H and O–H groups in total. The van der Waals surface area contributed by atoms with Crippen LogP contribution in [0.25, 0.3) is 0 Å². The number of hydrogen-bond acceptors (Lipinski definition) is 1. The molecular formula is C16H35N. The summed E-state index contributed by atoms with van der Waals surface area (Å²) in [4.78, 5) is 0. The van der Waals surface area contributed by atoms with E-state index in [-0.39, 0.29) is 0 Å². The third kappa shape index (κ3) is 7.08. The molecular weight excluding hydrogens is 206 g/mol. The van der Waals surface area contributed by atoms with Gasteiger partial charge in [0, 0.05) is 6.54 Å². The van der Waals surface area contributed by atoms with E-state index >= 15 is 0 Å². The van der Waals surface area contributed by atoms with Crippen molar-refractivity contribution >= 4 is 0 Å². The lowest BCUT2D eigenvalue weighted by Crippen LogP contribution is -2.35. The standard InChI is InChI=1S/C16H35N/c1-6-10-11-16(9-4,13-15(5)8-3)14-17-12-7-2/h15,17H,6-14H2,1-5H3. The molecule has 0 radical (unpaired) electrons. The van der Waals surface area contributed by atoms with Gasteiger partial charge in [-0.1, -0.05) is 53.9 Å². The van der Waals surface area contributed by atoms with Crippen LogP contribution in [0, 0.1) is 11.3 Å². The van der Waals surface area contributed by atoms with E-state index in [2.05, 4.69) is 39.9 Å². The smallest absolute Gasteiger partial charge is 0.000780 e. The molecule has 0 aliphatic carbocycles. The lowest BCUT2D eigenvalue weighted by molar-refractivity contribution is 0.178. The van der Waals surface area contributed by atoms with Crippen LogP contribution in [-0.4, -0.2) is 13.1 Å². The van der Waals surface area contributed by atoms with E-state index in [0.29, 0.717) is 5.41 Å². The highest BCUT2D eigenvalue weighted by atomic mass is 14.9. The fourth-order valence-corrected chi connectivity index (χ4v) is 2.67. The van der Waals surface area contributed by atoms with Gasteiger partial charge in [-0.25, -0.2) is 0 Å². The summed E-state index contributed by atoms with van der Waals surface area (Å²) in [5.74, 6) is 0.871. The van der Waals surface area contributed by atoms with Crippen LogP contribution in [0.3, 0.4) is 0 Å². The molecule has 0 amide bonds. The van der Waals surface area contributed by atoms with Crippen LogP contribution in [0.5, 0.6) is 0 Å². The summed E-state index contributed by atoms with van der Waals surface area (Å²) in [6.07, 6.45) is 9.42. The Morgan fingerprint density at radius 3 is 2.24 bits per heavy atom. The lowest BCUT2D eigenvalue weighted by atomic mass is 9.73. The van der Waals surface area contributed by atoms with Gasteiger partial charge in [-0.3, -0.25) is 0 Å². The quantitative estimate of drug-likeness (QED) is 0.501. The Hall–Kier alpha value is -0.0400. The van der Waals surface area contributed by atoms with Crippen molar-refractivity contribution in [1.29, 1.82) is 0 Å². The van der Waals surface area contributed by atoms with Crippen LogP contribution >= 0.6 is 0 Å². The van der Waals surface area contributed by atoms with Crippen LogP contribution in [0.2, 0.25) is 0 Å². The molecule has 104 valence electrons. The largest absolute Gasteiger partial charge is 0.316 e. The number of hydrogen-bond donors (Lipinski definition) is 1. The second-order valence-electron chi connectivity index (χ2n) is 5.85. The van der Waals surface area contributed by atoms with Crippen LogP contribution < -0.4 is 5.32 Å². The van der Waals surface area contributed by atoms with Gasteiger partial charge in [0.15, 0.2) is 0 Å². The Morgan fingerprint density at radius 1 is 1.06 bits per heavy atom. The van der Waals surface area contributed by atoms with Gasteiger partial charge in [-0.05, 0) is 43.6 Å². The summed E-state index contributed by atoms with van der Waals surface area (Å²) in [5.41, 5.74) is 0.556. The van der Waals surface area contributed by atoms with E-state index in [9.17, 15) is 0 Å². The first-order valence-electron chi connectivity index (χ1n) is 7.84. The molecule has 0 heterocycles. The van der Waals surface area contributed by atoms with E-state index < -0.39 is 0 Å². The number of nitrogens with one attached hydrogen (secondary N) is 1. The minimum Gasteiger partial charge on any atom is -0.316 e. The predicted molar refractivity (Wildman–Crippen MR) is 79.5 cm³/mol. The predicted octanol–water partition coefficient (Wildman–Crippen LogP) is 5.01. The summed E-state index contributed by atoms with van der Waals surface area (Å²) in [6, 6.07) is 0. The van der Waals surface area contributed by atoms with Gasteiger partial charge in [0.05, 0.1) is 0 Å². The van der Waals surface area contributed by atoms with E-state index in [1.54, 1.807) is 0 Å². The van der Waals surface area contributed by atoms with Gasteiger partial charge < -0.3 is 5.32 Å². The average Bonchev–Trinajstić information content (AvgIpc) is 2.35. The highest BCUT2D eigenvalue weighted by Gasteiger charge is 2.28. The Morgan fingerprint density at radius 2 is 1.76 bits per heavy atom. The molecule has 0 saturated heterocycles. The van der Waals surface area contributed by atoms with Gasteiger partial charge >= 0.3 is 0 Å². The molecule has 0 saturated carbocycles. The van der Waals surface area contributed by atoms with Crippen molar-refractivity contribution in [1.82, 2.24) is 5.32 Å². The zero-order valence-electron chi connectivity index (χ0n) is 12.9. The minimum absolute atomic E-state index is 0.556. The van der Waals surface area contributed by atoms with E-state index in [1.807, 2.05) is 0 Å². The van der Waals surface area contributed by atoms with E-state index in [1.165, 1.54) is 58.0 Å². The zero-order valence-corrected chi connectivity index (χ0v) is 12.9. The second kappa shape index (κ2) is 9.94. The van der Waals surface area contributed by atoms with Crippen molar-refractivity contribution in [2.24, 2.45) is 11.3 Å². The normalized spacial score (nSPS) is 16.8. The molecule has 0 fully saturated rings. The van der Waals surface area contributed by atoms with E-state index in [4.69, 9.17) is 0 Å². The first-order valence-corrected chi connectivity index (χ1v) is 7.84. The molecule has 1 heteroatoms. The topological polar surface area (TPSA) is 12.0 Å². The maximum Gasteiger partial charge on any atom is 0.000780 e. The first-order chi connectivity index (χ1) is 8.14. The van der Waals surface area contributed by atoms with Crippen molar-refractivity contribution in [3.8, 4) is 0 Å². The van der Waals surface area contributed by atoms with Crippen molar-refractivity contribution in [3.63, 3.8) is 0 Å². The van der Waals surface area contributed by atoms with Crippen LogP contribution in [0.4, 0.5) is 0 Å². The lowest BCUT2D eigenvalue weighted by Gasteiger charge is -2.36.